The van der Waals surface area contributed by atoms with E-state index in [4.69, 9.17) is 52.1 Å². The van der Waals surface area contributed by atoms with Crippen molar-refractivity contribution in [2.75, 3.05) is 39.6 Å². The number of carbonyl (C=O) groups is 5. The zero-order valence-electron chi connectivity index (χ0n) is 71.5. The molecule has 0 radical (unpaired) electrons. The average Bonchev–Trinajstić information content (AvgIpc) is 1.63. The second-order valence-electron chi connectivity index (χ2n) is 30.4. The summed E-state index contributed by atoms with van der Waals surface area (Å²) < 4.78 is 61.4. The molecule has 1 aliphatic carbocycles. The number of rotatable bonds is 65. The van der Waals surface area contributed by atoms with E-state index < -0.39 is 6.10 Å². The summed E-state index contributed by atoms with van der Waals surface area (Å²) in [6.07, 6.45) is 68.6. The summed E-state index contributed by atoms with van der Waals surface area (Å²) in [5, 5.41) is 0. The SMILES string of the molecule is CC.CC.CC.CC.CCCCC/C=C/CC1OC1CCCCCCCC(=O)OCC(COC(=O)CCCCCCCC1OC1CCCCCCCC)OC(=O)CCCCCCCC1OC1CC1OC1CCCCC.CCCCCCC1C=CC(/C=C/CCCCCC(=O)OCC2CO2)C(C(=O)OCC2CO2)C1. The summed E-state index contributed by atoms with van der Waals surface area (Å²) in [6, 6.07) is 0. The molecule has 0 bridgehead atoms. The van der Waals surface area contributed by atoms with Gasteiger partial charge in [0.1, 0.15) is 38.6 Å². The molecule has 7 rings (SSSR count). The van der Waals surface area contributed by atoms with E-state index >= 15 is 0 Å². The zero-order valence-corrected chi connectivity index (χ0v) is 71.5. The van der Waals surface area contributed by atoms with Gasteiger partial charge in [0.2, 0.25) is 0 Å². The first-order valence-electron chi connectivity index (χ1n) is 45.7. The summed E-state index contributed by atoms with van der Waals surface area (Å²) in [4.78, 5) is 62.8. The van der Waals surface area contributed by atoms with Gasteiger partial charge in [-0.15, -0.1) is 0 Å². The van der Waals surface area contributed by atoms with Gasteiger partial charge >= 0.3 is 29.8 Å². The quantitative estimate of drug-likeness (QED) is 0.0182. The number of hydrogen-bond acceptors (Lipinski definition) is 16. The summed E-state index contributed by atoms with van der Waals surface area (Å²) in [5.74, 6) is -0.697. The zero-order chi connectivity index (χ0) is 78.9. The van der Waals surface area contributed by atoms with E-state index in [1.165, 1.54) is 128 Å². The number of epoxide rings is 6. The first kappa shape index (κ1) is 100. The van der Waals surface area contributed by atoms with Crippen molar-refractivity contribution in [1.82, 2.24) is 0 Å². The monoisotopic (exact) mass is 1530 g/mol. The van der Waals surface area contributed by atoms with Crippen LogP contribution in [0.5, 0.6) is 0 Å². The maximum absolute atomic E-state index is 12.9. The fourth-order valence-electron chi connectivity index (χ4n) is 14.0. The van der Waals surface area contributed by atoms with Gasteiger partial charge in [0.05, 0.1) is 68.0 Å². The molecule has 0 aromatic carbocycles. The van der Waals surface area contributed by atoms with Crippen molar-refractivity contribution in [2.45, 2.75) is 465 Å². The second kappa shape index (κ2) is 68.9. The maximum Gasteiger partial charge on any atom is 0.309 e. The number of unbranched alkanes of at least 4 members (excludes halogenated alkanes) is 28. The molecule has 0 aromatic heterocycles. The van der Waals surface area contributed by atoms with Crippen LogP contribution in [0, 0.1) is 17.8 Å². The van der Waals surface area contributed by atoms with Crippen molar-refractivity contribution in [3.63, 3.8) is 0 Å². The van der Waals surface area contributed by atoms with Crippen molar-refractivity contribution in [3.8, 4) is 0 Å². The molecule has 7 aliphatic rings. The van der Waals surface area contributed by atoms with Crippen molar-refractivity contribution >= 4 is 29.8 Å². The number of esters is 5. The lowest BCUT2D eigenvalue weighted by molar-refractivity contribution is -0.167. The van der Waals surface area contributed by atoms with E-state index in [1.807, 2.05) is 55.4 Å². The molecule has 0 amide bonds. The van der Waals surface area contributed by atoms with Gasteiger partial charge in [-0.2, -0.15) is 0 Å². The first-order chi connectivity index (χ1) is 53.0. The third-order valence-electron chi connectivity index (χ3n) is 21.0. The average molecular weight is 1530 g/mol. The van der Waals surface area contributed by atoms with Crippen molar-refractivity contribution < 1.29 is 76.1 Å². The molecule has 108 heavy (non-hydrogen) atoms. The molecule has 630 valence electrons. The van der Waals surface area contributed by atoms with Gasteiger partial charge in [0, 0.05) is 38.0 Å². The van der Waals surface area contributed by atoms with E-state index in [0.29, 0.717) is 107 Å². The van der Waals surface area contributed by atoms with Crippen LogP contribution >= 0.6 is 0 Å². The molecule has 6 saturated heterocycles. The maximum atomic E-state index is 12.9. The first-order valence-corrected chi connectivity index (χ1v) is 45.7. The molecule has 6 aliphatic heterocycles. The summed E-state index contributed by atoms with van der Waals surface area (Å²) >= 11 is 0. The lowest BCUT2D eigenvalue weighted by atomic mass is 9.77. The van der Waals surface area contributed by atoms with E-state index in [1.54, 1.807) is 0 Å². The van der Waals surface area contributed by atoms with Crippen LogP contribution < -0.4 is 0 Å². The van der Waals surface area contributed by atoms with Gasteiger partial charge in [-0.05, 0) is 109 Å². The molecule has 0 aromatic rings. The predicted molar refractivity (Wildman–Crippen MR) is 440 cm³/mol. The lowest BCUT2D eigenvalue weighted by Gasteiger charge is -2.29. The van der Waals surface area contributed by atoms with E-state index in [2.05, 4.69) is 64.2 Å². The largest absolute Gasteiger partial charge is 0.463 e. The molecule has 14 unspecified atom stereocenters. The highest BCUT2D eigenvalue weighted by Gasteiger charge is 2.47. The van der Waals surface area contributed by atoms with Gasteiger partial charge in [-0.3, -0.25) is 24.0 Å². The molecule has 6 heterocycles. The highest BCUT2D eigenvalue weighted by molar-refractivity contribution is 5.74. The molecular formula is C92H166O16. The number of ether oxygens (including phenoxy) is 11. The highest BCUT2D eigenvalue weighted by atomic mass is 16.6. The molecular weight excluding hydrogens is 1360 g/mol. The third-order valence-corrected chi connectivity index (χ3v) is 21.0. The van der Waals surface area contributed by atoms with Gasteiger partial charge < -0.3 is 52.1 Å². The molecule has 16 nitrogen and oxygen atoms in total. The Labute approximate surface area is 661 Å². The standard InChI is InChI=1S/C57H100O10.C27H42O6.4C2H6/c1-4-7-10-12-17-26-35-47-49(64-47)37-28-19-14-22-31-40-55(58)61-44-46(45-62-56(59)41-32-23-15-20-29-38-50-48(65-50)36-27-18-13-11-8-5-2)63-57(60)42-33-24-16-21-30-39-52-54(67-52)43-53-51(66-53)34-25-9-6-3;1-2-3-4-8-11-21-14-15-22(25(16-21)27(29)33-20-24-18-31-24)12-9-6-5-7-10-13-26(28)32-19-23-17-30-23;4*1-2/h17,26,46-54H,4-16,18-25,27-45H2,1-3H3;9,12,14-15,21-25H,2-8,10-11,13,16-20H2,1H3;4*1-2H3/b26-17+;12-9+;;;;. The van der Waals surface area contributed by atoms with E-state index in [9.17, 15) is 24.0 Å². The smallest absolute Gasteiger partial charge is 0.309 e. The van der Waals surface area contributed by atoms with Crippen molar-refractivity contribution in [2.24, 2.45) is 17.8 Å². The number of carbonyl (C=O) groups excluding carboxylic acids is 5. The molecule has 0 spiro atoms. The summed E-state index contributed by atoms with van der Waals surface area (Å²) in [5.41, 5.74) is 0. The van der Waals surface area contributed by atoms with Gasteiger partial charge in [0.15, 0.2) is 6.10 Å². The minimum absolute atomic E-state index is 0.0850. The Morgan fingerprint density at radius 1 is 0.370 bits per heavy atom. The Bertz CT molecular complexity index is 2250. The molecule has 0 N–H and O–H groups in total. The molecule has 16 heteroatoms. The van der Waals surface area contributed by atoms with E-state index in [-0.39, 0.29) is 67.1 Å². The summed E-state index contributed by atoms with van der Waals surface area (Å²) in [6.45, 7) is 27.0. The fraction of sp³-hybridized carbons (Fsp3) is 0.880. The van der Waals surface area contributed by atoms with Crippen LogP contribution in [0.4, 0.5) is 0 Å². The van der Waals surface area contributed by atoms with Crippen molar-refractivity contribution in [3.05, 3.63) is 36.5 Å². The van der Waals surface area contributed by atoms with Crippen LogP contribution in [-0.2, 0) is 76.1 Å². The number of allylic oxidation sites excluding steroid dienone is 5. The minimum Gasteiger partial charge on any atom is -0.463 e. The van der Waals surface area contributed by atoms with Crippen LogP contribution in [0.1, 0.15) is 398 Å². The van der Waals surface area contributed by atoms with Crippen LogP contribution in [0.25, 0.3) is 0 Å². The lowest BCUT2D eigenvalue weighted by Crippen LogP contribution is -2.30. The van der Waals surface area contributed by atoms with Crippen molar-refractivity contribution in [1.29, 1.82) is 0 Å². The van der Waals surface area contributed by atoms with Gasteiger partial charge in [-0.1, -0.05) is 299 Å². The highest BCUT2D eigenvalue weighted by Crippen LogP contribution is 2.40. The fourth-order valence-corrected chi connectivity index (χ4v) is 14.0. The van der Waals surface area contributed by atoms with Gasteiger partial charge in [0.25, 0.3) is 0 Å². The topological polar surface area (TPSA) is 207 Å². The summed E-state index contributed by atoms with van der Waals surface area (Å²) in [7, 11) is 0. The number of hydrogen-bond donors (Lipinski definition) is 0. The Balaban J connectivity index is 0.000000804. The van der Waals surface area contributed by atoms with Crippen LogP contribution in [0.3, 0.4) is 0 Å². The normalized spacial score (nSPS) is 23.8. The second-order valence-corrected chi connectivity index (χ2v) is 30.4. The van der Waals surface area contributed by atoms with E-state index in [0.717, 1.165) is 161 Å². The van der Waals surface area contributed by atoms with Crippen LogP contribution in [0.2, 0.25) is 0 Å². The molecule has 14 atom stereocenters. The Hall–Kier alpha value is -3.67. The Kier molecular flexibility index (Phi) is 64.0. The molecule has 6 fully saturated rings. The van der Waals surface area contributed by atoms with Crippen LogP contribution in [0.15, 0.2) is 36.5 Å². The Morgan fingerprint density at radius 3 is 1.22 bits per heavy atom. The third kappa shape index (κ3) is 54.9. The molecule has 0 saturated carbocycles. The minimum atomic E-state index is -0.806. The van der Waals surface area contributed by atoms with Gasteiger partial charge in [-0.25, -0.2) is 0 Å². The van der Waals surface area contributed by atoms with Crippen LogP contribution in [-0.4, -0.2) is 137 Å². The predicted octanol–water partition coefficient (Wildman–Crippen LogP) is 23.8. The Morgan fingerprint density at radius 2 is 0.722 bits per heavy atom.